The fraction of sp³-hybridized carbons (Fsp3) is 0.0189. The number of rotatable bonds is 8. The molecule has 1 heterocycles. The van der Waals surface area contributed by atoms with Gasteiger partial charge in [-0.15, -0.1) is 0 Å². The Morgan fingerprint density at radius 3 is 1.34 bits per heavy atom. The van der Waals surface area contributed by atoms with Gasteiger partial charge in [0.15, 0.2) is 0 Å². The third kappa shape index (κ3) is 5.61. The second kappa shape index (κ2) is 14.1. The summed E-state index contributed by atoms with van der Waals surface area (Å²) in [5.41, 5.74) is 16.9. The van der Waals surface area contributed by atoms with Crippen LogP contribution in [0.5, 0.6) is 0 Å². The van der Waals surface area contributed by atoms with Crippen molar-refractivity contribution >= 4 is 17.1 Å². The Kier molecular flexibility index (Phi) is 8.38. The first-order valence-electron chi connectivity index (χ1n) is 19.0. The van der Waals surface area contributed by atoms with Gasteiger partial charge in [-0.05, 0) is 92.0 Å². The standard InChI is InChI=1S/C53H37N3/c1-5-14-38(15-6-1)40-24-29-46(30-25-40)56(47-31-26-41(27-32-47)39-16-7-2-8-17-39)51-23-13-22-49-52(51)48-33-28-42(43-35-54-37-55-36-43)34-50(48)53(49,44-18-9-3-10-19-44)45-20-11-4-12-21-45/h1-37H. The van der Waals surface area contributed by atoms with Gasteiger partial charge >= 0.3 is 0 Å². The average Bonchev–Trinajstić information content (AvgIpc) is 3.59. The summed E-state index contributed by atoms with van der Waals surface area (Å²) >= 11 is 0. The molecule has 1 aliphatic carbocycles. The van der Waals surface area contributed by atoms with E-state index in [-0.39, 0.29) is 0 Å². The second-order valence-corrected chi connectivity index (χ2v) is 14.2. The largest absolute Gasteiger partial charge is 0.310 e. The van der Waals surface area contributed by atoms with Crippen molar-refractivity contribution in [2.24, 2.45) is 0 Å². The maximum Gasteiger partial charge on any atom is 0.115 e. The SMILES string of the molecule is c1ccc(-c2ccc(N(c3ccc(-c4ccccc4)cc3)c3cccc4c3-c3ccc(-c5cncnc5)cc3C4(c3ccccc3)c3ccccc3)cc2)cc1. The fourth-order valence-corrected chi connectivity index (χ4v) is 8.63. The lowest BCUT2D eigenvalue weighted by Gasteiger charge is -2.34. The number of nitrogens with zero attached hydrogens (tertiary/aromatic N) is 3. The predicted molar refractivity (Wildman–Crippen MR) is 230 cm³/mol. The minimum absolute atomic E-state index is 0.588. The summed E-state index contributed by atoms with van der Waals surface area (Å²) in [6, 6.07) is 74.8. The molecule has 0 aliphatic heterocycles. The zero-order valence-electron chi connectivity index (χ0n) is 30.7. The highest BCUT2D eigenvalue weighted by Crippen LogP contribution is 2.60. The first kappa shape index (κ1) is 33.2. The van der Waals surface area contributed by atoms with E-state index < -0.39 is 5.41 Å². The fourth-order valence-electron chi connectivity index (χ4n) is 8.63. The lowest BCUT2D eigenvalue weighted by atomic mass is 9.67. The van der Waals surface area contributed by atoms with E-state index in [1.54, 1.807) is 6.33 Å². The van der Waals surface area contributed by atoms with Crippen molar-refractivity contribution in [1.82, 2.24) is 9.97 Å². The van der Waals surface area contributed by atoms with Crippen molar-refractivity contribution in [2.45, 2.75) is 5.41 Å². The molecular formula is C53H37N3. The van der Waals surface area contributed by atoms with Crippen LogP contribution in [0.4, 0.5) is 17.1 Å². The van der Waals surface area contributed by atoms with Crippen molar-refractivity contribution < 1.29 is 0 Å². The van der Waals surface area contributed by atoms with Crippen LogP contribution in [0.15, 0.2) is 225 Å². The first-order valence-corrected chi connectivity index (χ1v) is 19.0. The van der Waals surface area contributed by atoms with Gasteiger partial charge in [0.2, 0.25) is 0 Å². The van der Waals surface area contributed by atoms with Crippen molar-refractivity contribution in [3.05, 3.63) is 247 Å². The molecule has 0 radical (unpaired) electrons. The van der Waals surface area contributed by atoms with Gasteiger partial charge in [-0.1, -0.05) is 170 Å². The third-order valence-corrected chi connectivity index (χ3v) is 11.2. The molecule has 9 aromatic rings. The van der Waals surface area contributed by atoms with Crippen LogP contribution in [0, 0.1) is 0 Å². The topological polar surface area (TPSA) is 29.0 Å². The van der Waals surface area contributed by atoms with E-state index in [2.05, 4.69) is 221 Å². The van der Waals surface area contributed by atoms with Crippen molar-refractivity contribution in [3.63, 3.8) is 0 Å². The lowest BCUT2D eigenvalue weighted by Crippen LogP contribution is -2.28. The molecule has 0 fully saturated rings. The monoisotopic (exact) mass is 715 g/mol. The minimum Gasteiger partial charge on any atom is -0.310 e. The van der Waals surface area contributed by atoms with Crippen molar-refractivity contribution in [2.75, 3.05) is 4.90 Å². The highest BCUT2D eigenvalue weighted by molar-refractivity contribution is 5.98. The van der Waals surface area contributed by atoms with Gasteiger partial charge in [0.25, 0.3) is 0 Å². The molecule has 0 spiro atoms. The molecule has 8 aromatic carbocycles. The smallest absolute Gasteiger partial charge is 0.115 e. The molecule has 0 saturated heterocycles. The van der Waals surface area contributed by atoms with E-state index in [9.17, 15) is 0 Å². The van der Waals surface area contributed by atoms with Crippen LogP contribution in [0.25, 0.3) is 44.5 Å². The molecule has 56 heavy (non-hydrogen) atoms. The molecule has 0 unspecified atom stereocenters. The number of hydrogen-bond acceptors (Lipinski definition) is 3. The average molecular weight is 716 g/mol. The molecule has 3 nitrogen and oxygen atoms in total. The summed E-state index contributed by atoms with van der Waals surface area (Å²) in [7, 11) is 0. The highest BCUT2D eigenvalue weighted by atomic mass is 15.1. The summed E-state index contributed by atoms with van der Waals surface area (Å²) < 4.78 is 0. The van der Waals surface area contributed by atoms with E-state index in [1.165, 1.54) is 55.6 Å². The van der Waals surface area contributed by atoms with Crippen molar-refractivity contribution in [3.8, 4) is 44.5 Å². The third-order valence-electron chi connectivity index (χ3n) is 11.2. The van der Waals surface area contributed by atoms with Gasteiger partial charge in [0.05, 0.1) is 11.1 Å². The second-order valence-electron chi connectivity index (χ2n) is 14.2. The van der Waals surface area contributed by atoms with E-state index in [0.717, 1.165) is 28.2 Å². The molecule has 0 amide bonds. The number of hydrogen-bond donors (Lipinski definition) is 0. The molecule has 264 valence electrons. The van der Waals surface area contributed by atoms with Crippen LogP contribution in [-0.2, 0) is 5.41 Å². The molecule has 0 N–H and O–H groups in total. The Labute approximate surface area is 327 Å². The Hall–Kier alpha value is -7.36. The van der Waals surface area contributed by atoms with E-state index in [4.69, 9.17) is 0 Å². The van der Waals surface area contributed by atoms with Crippen molar-refractivity contribution in [1.29, 1.82) is 0 Å². The van der Waals surface area contributed by atoms with E-state index in [1.807, 2.05) is 12.4 Å². The quantitative estimate of drug-likeness (QED) is 0.157. The molecule has 0 atom stereocenters. The van der Waals surface area contributed by atoms with Crippen LogP contribution in [0.2, 0.25) is 0 Å². The maximum absolute atomic E-state index is 4.38. The Morgan fingerprint density at radius 1 is 0.357 bits per heavy atom. The highest BCUT2D eigenvalue weighted by Gasteiger charge is 2.47. The van der Waals surface area contributed by atoms with Gasteiger partial charge in [0, 0.05) is 34.9 Å². The molecular weight excluding hydrogens is 679 g/mol. The van der Waals surface area contributed by atoms with Gasteiger partial charge in [-0.2, -0.15) is 0 Å². The Bertz CT molecular complexity index is 2630. The van der Waals surface area contributed by atoms with Crippen LogP contribution in [0.3, 0.4) is 0 Å². The molecule has 0 bridgehead atoms. The Balaban J connectivity index is 1.24. The lowest BCUT2D eigenvalue weighted by molar-refractivity contribution is 0.768. The molecule has 3 heteroatoms. The van der Waals surface area contributed by atoms with Crippen LogP contribution in [0.1, 0.15) is 22.3 Å². The maximum atomic E-state index is 4.38. The first-order chi connectivity index (χ1) is 27.8. The Morgan fingerprint density at radius 2 is 0.821 bits per heavy atom. The van der Waals surface area contributed by atoms with Gasteiger partial charge in [0.1, 0.15) is 6.33 Å². The molecule has 10 rings (SSSR count). The van der Waals surface area contributed by atoms with Gasteiger partial charge in [-0.3, -0.25) is 0 Å². The summed E-state index contributed by atoms with van der Waals surface area (Å²) in [6.07, 6.45) is 5.38. The van der Waals surface area contributed by atoms with Crippen LogP contribution >= 0.6 is 0 Å². The number of anilines is 3. The van der Waals surface area contributed by atoms with Gasteiger partial charge < -0.3 is 4.90 Å². The summed E-state index contributed by atoms with van der Waals surface area (Å²) in [4.78, 5) is 11.2. The van der Waals surface area contributed by atoms with Gasteiger partial charge in [-0.25, -0.2) is 9.97 Å². The zero-order chi connectivity index (χ0) is 37.3. The number of fused-ring (bicyclic) bond motifs is 3. The zero-order valence-corrected chi connectivity index (χ0v) is 30.7. The van der Waals surface area contributed by atoms with E-state index in [0.29, 0.717) is 0 Å². The number of benzene rings is 8. The normalized spacial score (nSPS) is 12.4. The molecule has 1 aliphatic rings. The minimum atomic E-state index is -0.588. The van der Waals surface area contributed by atoms with Crippen LogP contribution < -0.4 is 4.90 Å². The van der Waals surface area contributed by atoms with Crippen LogP contribution in [-0.4, -0.2) is 9.97 Å². The summed E-state index contributed by atoms with van der Waals surface area (Å²) in [6.45, 7) is 0. The molecule has 0 saturated carbocycles. The predicted octanol–water partition coefficient (Wildman–Crippen LogP) is 13.3. The summed E-state index contributed by atoms with van der Waals surface area (Å²) in [5, 5.41) is 0. The number of aromatic nitrogens is 2. The summed E-state index contributed by atoms with van der Waals surface area (Å²) in [5.74, 6) is 0. The molecule has 1 aromatic heterocycles. The van der Waals surface area contributed by atoms with E-state index >= 15 is 0 Å².